The number of carbonyl (C=O) groups is 1. The molecule has 0 saturated heterocycles. The Kier molecular flexibility index (Phi) is 7.26. The molecule has 0 amide bonds. The molecule has 6 nitrogen and oxygen atoms in total. The number of hydrogen-bond acceptors (Lipinski definition) is 5. The molecule has 0 spiro atoms. The molecule has 0 aliphatic carbocycles. The summed E-state index contributed by atoms with van der Waals surface area (Å²) in [4.78, 5) is 10.5. The van der Waals surface area contributed by atoms with Crippen LogP contribution in [0.4, 0.5) is 0 Å². The van der Waals surface area contributed by atoms with Crippen LogP contribution in [0.3, 0.4) is 0 Å². The van der Waals surface area contributed by atoms with Gasteiger partial charge in [-0.05, 0) is 55.3 Å². The number of aromatic hydroxyl groups is 1. The number of aliphatic hydroxyl groups is 1. The lowest BCUT2D eigenvalue weighted by Gasteiger charge is -2.21. The summed E-state index contributed by atoms with van der Waals surface area (Å²) in [6, 6.07) is 11.3. The molecule has 4 N–H and O–H groups in total. The van der Waals surface area contributed by atoms with Gasteiger partial charge in [0.1, 0.15) is 11.5 Å². The molecular weight excluding hydrogens is 358 g/mol. The van der Waals surface area contributed by atoms with E-state index in [0.29, 0.717) is 23.7 Å². The van der Waals surface area contributed by atoms with E-state index in [4.69, 9.17) is 21.4 Å². The average Bonchev–Trinajstić information content (AvgIpc) is 2.61. The number of halogens is 1. The van der Waals surface area contributed by atoms with Gasteiger partial charge in [0.15, 0.2) is 6.61 Å². The summed E-state index contributed by atoms with van der Waals surface area (Å²) in [6.45, 7) is 2.07. The van der Waals surface area contributed by atoms with Crippen LogP contribution in [0.5, 0.6) is 11.5 Å². The third-order valence-corrected chi connectivity index (χ3v) is 4.31. The van der Waals surface area contributed by atoms with Gasteiger partial charge in [0.05, 0.1) is 6.10 Å². The zero-order valence-corrected chi connectivity index (χ0v) is 15.1. The van der Waals surface area contributed by atoms with E-state index in [2.05, 4.69) is 5.32 Å². The second-order valence-corrected chi connectivity index (χ2v) is 6.37. The highest BCUT2D eigenvalue weighted by molar-refractivity contribution is 6.31. The van der Waals surface area contributed by atoms with E-state index in [9.17, 15) is 15.0 Å². The smallest absolute Gasteiger partial charge is 0.341 e. The van der Waals surface area contributed by atoms with Gasteiger partial charge in [-0.1, -0.05) is 29.8 Å². The van der Waals surface area contributed by atoms with Crippen LogP contribution in [0.2, 0.25) is 5.02 Å². The molecule has 0 bridgehead atoms. The van der Waals surface area contributed by atoms with Crippen molar-refractivity contribution in [1.82, 2.24) is 5.32 Å². The fraction of sp³-hybridized carbons (Fsp3) is 0.316. The van der Waals surface area contributed by atoms with Crippen LogP contribution >= 0.6 is 11.6 Å². The Balaban J connectivity index is 1.84. The number of phenolic OH excluding ortho intramolecular Hbond substituents is 1. The first-order valence-electron chi connectivity index (χ1n) is 8.20. The number of phenols is 1. The van der Waals surface area contributed by atoms with Gasteiger partial charge in [0, 0.05) is 11.1 Å². The largest absolute Gasteiger partial charge is 0.508 e. The molecule has 2 atom stereocenters. The number of carboxylic acid groups (broad SMARTS) is 1. The molecule has 140 valence electrons. The van der Waals surface area contributed by atoms with Crippen LogP contribution in [-0.2, 0) is 11.2 Å². The second kappa shape index (κ2) is 9.43. The summed E-state index contributed by atoms with van der Waals surface area (Å²) in [5.41, 5.74) is 1.62. The van der Waals surface area contributed by atoms with Crippen molar-refractivity contribution < 1.29 is 24.9 Å². The molecular formula is C19H22ClNO5. The van der Waals surface area contributed by atoms with Crippen molar-refractivity contribution in [1.29, 1.82) is 0 Å². The van der Waals surface area contributed by atoms with Gasteiger partial charge in [-0.25, -0.2) is 4.79 Å². The zero-order chi connectivity index (χ0) is 19.1. The first-order valence-corrected chi connectivity index (χ1v) is 8.58. The summed E-state index contributed by atoms with van der Waals surface area (Å²) in [6.07, 6.45) is -0.0529. The third kappa shape index (κ3) is 5.91. The Morgan fingerprint density at radius 1 is 1.23 bits per heavy atom. The topological polar surface area (TPSA) is 99.0 Å². The molecule has 26 heavy (non-hydrogen) atoms. The van der Waals surface area contributed by atoms with E-state index in [1.807, 2.05) is 6.92 Å². The first kappa shape index (κ1) is 20.0. The van der Waals surface area contributed by atoms with Gasteiger partial charge >= 0.3 is 5.97 Å². The zero-order valence-electron chi connectivity index (χ0n) is 14.4. The van der Waals surface area contributed by atoms with Crippen LogP contribution in [-0.4, -0.2) is 40.5 Å². The van der Waals surface area contributed by atoms with Crippen LogP contribution in [0.1, 0.15) is 24.2 Å². The number of benzene rings is 2. The maximum absolute atomic E-state index is 10.5. The van der Waals surface area contributed by atoms with E-state index in [-0.39, 0.29) is 11.8 Å². The number of rotatable bonds is 9. The summed E-state index contributed by atoms with van der Waals surface area (Å²) in [5.74, 6) is -0.479. The maximum Gasteiger partial charge on any atom is 0.341 e. The molecule has 7 heteroatoms. The molecule has 0 unspecified atom stereocenters. The number of nitrogens with one attached hydrogen (secondary N) is 1. The van der Waals surface area contributed by atoms with Gasteiger partial charge in [-0.15, -0.1) is 0 Å². The van der Waals surface area contributed by atoms with Gasteiger partial charge in [-0.2, -0.15) is 0 Å². The van der Waals surface area contributed by atoms with Crippen LogP contribution < -0.4 is 10.1 Å². The van der Waals surface area contributed by atoms with Crippen LogP contribution in [0.15, 0.2) is 42.5 Å². The number of carboxylic acids is 1. The fourth-order valence-electron chi connectivity index (χ4n) is 2.47. The summed E-state index contributed by atoms with van der Waals surface area (Å²) in [5, 5.41) is 32.0. The highest BCUT2D eigenvalue weighted by Gasteiger charge is 2.16. The van der Waals surface area contributed by atoms with Crippen molar-refractivity contribution in [2.75, 3.05) is 13.2 Å². The normalized spacial score (nSPS) is 13.2. The van der Waals surface area contributed by atoms with Crippen molar-refractivity contribution in [3.05, 3.63) is 58.6 Å². The molecule has 0 saturated carbocycles. The van der Waals surface area contributed by atoms with Crippen molar-refractivity contribution in [3.63, 3.8) is 0 Å². The van der Waals surface area contributed by atoms with Crippen LogP contribution in [0.25, 0.3) is 0 Å². The van der Waals surface area contributed by atoms with Gasteiger partial charge in [0.2, 0.25) is 0 Å². The fourth-order valence-corrected chi connectivity index (χ4v) is 2.74. The lowest BCUT2D eigenvalue weighted by Crippen LogP contribution is -2.33. The van der Waals surface area contributed by atoms with E-state index < -0.39 is 18.7 Å². The Hall–Kier alpha value is -2.28. The van der Waals surface area contributed by atoms with E-state index in [0.717, 1.165) is 11.1 Å². The van der Waals surface area contributed by atoms with Crippen molar-refractivity contribution in [2.24, 2.45) is 0 Å². The first-order chi connectivity index (χ1) is 12.4. The minimum atomic E-state index is -1.05. The highest BCUT2D eigenvalue weighted by atomic mass is 35.5. The number of aliphatic carboxylic acids is 1. The molecule has 0 fully saturated rings. The van der Waals surface area contributed by atoms with E-state index in [1.165, 1.54) is 0 Å². The molecule has 0 heterocycles. The molecule has 2 rings (SSSR count). The number of hydrogen-bond donors (Lipinski definition) is 4. The average molecular weight is 380 g/mol. The Bertz CT molecular complexity index is 735. The minimum Gasteiger partial charge on any atom is -0.508 e. The Morgan fingerprint density at radius 2 is 1.92 bits per heavy atom. The molecule has 0 aromatic heterocycles. The Morgan fingerprint density at radius 3 is 2.54 bits per heavy atom. The standard InChI is InChI=1S/C19H22ClNO5/c1-12(19(25)14-2-5-15(22)6-3-14)21-9-8-13-4-7-16(10-17(13)20)26-11-18(23)24/h2-7,10,12,19,21-22,25H,8-9,11H2,1H3,(H,23,24)/t12-,19-/m0/s1. The highest BCUT2D eigenvalue weighted by Crippen LogP contribution is 2.23. The van der Waals surface area contributed by atoms with Gasteiger partial charge in [0.25, 0.3) is 0 Å². The quantitative estimate of drug-likeness (QED) is 0.534. The molecule has 0 radical (unpaired) electrons. The van der Waals surface area contributed by atoms with E-state index >= 15 is 0 Å². The van der Waals surface area contributed by atoms with Gasteiger partial charge in [-0.3, -0.25) is 0 Å². The molecule has 0 aliphatic rings. The van der Waals surface area contributed by atoms with Crippen molar-refractivity contribution >= 4 is 17.6 Å². The molecule has 2 aromatic rings. The summed E-state index contributed by atoms with van der Waals surface area (Å²) < 4.78 is 5.08. The Labute approximate surface area is 157 Å². The predicted molar refractivity (Wildman–Crippen MR) is 98.8 cm³/mol. The number of aliphatic hydroxyl groups excluding tert-OH is 1. The lowest BCUT2D eigenvalue weighted by atomic mass is 10.0. The van der Waals surface area contributed by atoms with Crippen molar-refractivity contribution in [2.45, 2.75) is 25.5 Å². The molecule has 2 aromatic carbocycles. The van der Waals surface area contributed by atoms with Gasteiger partial charge < -0.3 is 25.4 Å². The molecule has 0 aliphatic heterocycles. The maximum atomic E-state index is 10.5. The predicted octanol–water partition coefficient (Wildman–Crippen LogP) is 2.76. The second-order valence-electron chi connectivity index (χ2n) is 5.96. The van der Waals surface area contributed by atoms with E-state index in [1.54, 1.807) is 42.5 Å². The minimum absolute atomic E-state index is 0.159. The summed E-state index contributed by atoms with van der Waals surface area (Å²) in [7, 11) is 0. The van der Waals surface area contributed by atoms with Crippen molar-refractivity contribution in [3.8, 4) is 11.5 Å². The SMILES string of the molecule is C[C@H](NCCc1ccc(OCC(=O)O)cc1Cl)[C@H](O)c1ccc(O)cc1. The van der Waals surface area contributed by atoms with Crippen LogP contribution in [0, 0.1) is 0 Å². The third-order valence-electron chi connectivity index (χ3n) is 3.96. The lowest BCUT2D eigenvalue weighted by molar-refractivity contribution is -0.139. The summed E-state index contributed by atoms with van der Waals surface area (Å²) >= 11 is 6.21. The number of ether oxygens (including phenoxy) is 1. The monoisotopic (exact) mass is 379 g/mol.